The van der Waals surface area contributed by atoms with Crippen molar-refractivity contribution in [2.24, 2.45) is 5.92 Å². The van der Waals surface area contributed by atoms with Crippen LogP contribution < -0.4 is 10.2 Å². The minimum atomic E-state index is -0.458. The Balaban J connectivity index is 1.51. The first-order valence-electron chi connectivity index (χ1n) is 8.78. The minimum absolute atomic E-state index is 0.110. The first-order valence-corrected chi connectivity index (χ1v) is 9.15. The Morgan fingerprint density at radius 1 is 1.25 bits per heavy atom. The van der Waals surface area contributed by atoms with Gasteiger partial charge in [0.15, 0.2) is 0 Å². The lowest BCUT2D eigenvalue weighted by Gasteiger charge is -2.17. The van der Waals surface area contributed by atoms with Crippen molar-refractivity contribution < 1.29 is 14.1 Å². The number of aryl methyl sites for hydroxylation is 1. The highest BCUT2D eigenvalue weighted by Gasteiger charge is 2.35. The van der Waals surface area contributed by atoms with Gasteiger partial charge in [-0.05, 0) is 24.3 Å². The normalized spacial score (nSPS) is 16.4. The molecule has 1 N–H and O–H groups in total. The second-order valence-corrected chi connectivity index (χ2v) is 6.97. The topological polar surface area (TPSA) is 88.3 Å². The van der Waals surface area contributed by atoms with Crippen LogP contribution in [0.5, 0.6) is 0 Å². The molecule has 1 aliphatic rings. The molecule has 2 aromatic carbocycles. The number of nitrogens with one attached hydrogen (secondary N) is 1. The van der Waals surface area contributed by atoms with Crippen LogP contribution in [0, 0.1) is 12.8 Å². The summed E-state index contributed by atoms with van der Waals surface area (Å²) < 4.78 is 5.01. The molecule has 4 rings (SSSR count). The fraction of sp³-hybridized carbons (Fsp3) is 0.200. The number of halogens is 1. The Kier molecular flexibility index (Phi) is 4.83. The van der Waals surface area contributed by atoms with Gasteiger partial charge in [-0.2, -0.15) is 4.98 Å². The Hall–Kier alpha value is -3.19. The molecule has 1 aromatic heterocycles. The summed E-state index contributed by atoms with van der Waals surface area (Å²) in [6.07, 6.45) is 0.141. The third-order valence-electron chi connectivity index (χ3n) is 4.57. The van der Waals surface area contributed by atoms with Crippen LogP contribution in [0.3, 0.4) is 0 Å². The van der Waals surface area contributed by atoms with Gasteiger partial charge in [0.05, 0.1) is 16.6 Å². The largest absolute Gasteiger partial charge is 0.339 e. The molecule has 7 nitrogen and oxygen atoms in total. The number of benzene rings is 2. The third kappa shape index (κ3) is 3.61. The van der Waals surface area contributed by atoms with Crippen LogP contribution in [0.4, 0.5) is 11.4 Å². The zero-order valence-corrected chi connectivity index (χ0v) is 15.8. The highest BCUT2D eigenvalue weighted by Crippen LogP contribution is 2.29. The van der Waals surface area contributed by atoms with Crippen LogP contribution in [0.15, 0.2) is 53.1 Å². The van der Waals surface area contributed by atoms with Crippen LogP contribution in [-0.4, -0.2) is 28.5 Å². The Morgan fingerprint density at radius 3 is 2.82 bits per heavy atom. The summed E-state index contributed by atoms with van der Waals surface area (Å²) in [5.41, 5.74) is 1.97. The van der Waals surface area contributed by atoms with E-state index in [0.717, 1.165) is 5.56 Å². The highest BCUT2D eigenvalue weighted by atomic mass is 35.5. The van der Waals surface area contributed by atoms with E-state index >= 15 is 0 Å². The molecule has 1 fully saturated rings. The zero-order chi connectivity index (χ0) is 19.7. The van der Waals surface area contributed by atoms with E-state index in [0.29, 0.717) is 34.7 Å². The number of rotatable bonds is 4. The second-order valence-electron chi connectivity index (χ2n) is 6.56. The van der Waals surface area contributed by atoms with Gasteiger partial charge in [0.25, 0.3) is 0 Å². The van der Waals surface area contributed by atoms with E-state index in [9.17, 15) is 9.59 Å². The molecule has 2 heterocycles. The quantitative estimate of drug-likeness (QED) is 0.726. The number of aromatic nitrogens is 2. The monoisotopic (exact) mass is 396 g/mol. The van der Waals surface area contributed by atoms with Gasteiger partial charge in [0, 0.05) is 31.1 Å². The van der Waals surface area contributed by atoms with E-state index in [2.05, 4.69) is 15.5 Å². The number of hydrogen-bond acceptors (Lipinski definition) is 5. The second kappa shape index (κ2) is 7.44. The molecular formula is C20H17ClN4O3. The number of nitrogens with zero attached hydrogens (tertiary/aromatic N) is 3. The van der Waals surface area contributed by atoms with E-state index in [1.807, 2.05) is 24.3 Å². The number of carbonyl (C=O) groups excluding carboxylic acids is 2. The van der Waals surface area contributed by atoms with Gasteiger partial charge in [-0.15, -0.1) is 0 Å². The summed E-state index contributed by atoms with van der Waals surface area (Å²) in [6.45, 7) is 2.01. The van der Waals surface area contributed by atoms with Gasteiger partial charge in [-0.3, -0.25) is 9.59 Å². The molecule has 3 aromatic rings. The molecule has 1 saturated heterocycles. The lowest BCUT2D eigenvalue weighted by molar-refractivity contribution is -0.122. The standard InChI is InChI=1S/C20H17ClN4O3/c1-12-22-19(24-28-12)13-5-4-6-15(9-13)25-11-14(10-18(25)26)20(27)23-17-8-3-2-7-16(17)21/h2-9,14H,10-11H2,1H3,(H,23,27)/t14-/m1/s1. The van der Waals surface area contributed by atoms with Crippen molar-refractivity contribution in [3.63, 3.8) is 0 Å². The molecule has 8 heteroatoms. The molecule has 0 spiro atoms. The molecular weight excluding hydrogens is 380 g/mol. The number of para-hydroxylation sites is 1. The first-order chi connectivity index (χ1) is 13.5. The molecule has 142 valence electrons. The van der Waals surface area contributed by atoms with Gasteiger partial charge in [-0.25, -0.2) is 0 Å². The number of hydrogen-bond donors (Lipinski definition) is 1. The third-order valence-corrected chi connectivity index (χ3v) is 4.90. The Bertz CT molecular complexity index is 1050. The number of anilines is 2. The van der Waals surface area contributed by atoms with Gasteiger partial charge < -0.3 is 14.7 Å². The molecule has 1 atom stereocenters. The van der Waals surface area contributed by atoms with E-state index in [1.165, 1.54) is 0 Å². The van der Waals surface area contributed by atoms with E-state index < -0.39 is 5.92 Å². The molecule has 2 amide bonds. The van der Waals surface area contributed by atoms with Gasteiger partial charge in [0.1, 0.15) is 0 Å². The molecule has 0 aliphatic carbocycles. The fourth-order valence-corrected chi connectivity index (χ4v) is 3.34. The SMILES string of the molecule is Cc1nc(-c2cccc(N3C[C@H](C(=O)Nc4ccccc4Cl)CC3=O)c2)no1. The van der Waals surface area contributed by atoms with Crippen molar-refractivity contribution in [3.8, 4) is 11.4 Å². The Labute approximate surface area is 166 Å². The zero-order valence-electron chi connectivity index (χ0n) is 15.1. The summed E-state index contributed by atoms with van der Waals surface area (Å²) in [5, 5.41) is 7.17. The van der Waals surface area contributed by atoms with Crippen LogP contribution >= 0.6 is 11.6 Å². The molecule has 28 heavy (non-hydrogen) atoms. The Morgan fingerprint density at radius 2 is 2.07 bits per heavy atom. The molecule has 0 bridgehead atoms. The van der Waals surface area contributed by atoms with Crippen LogP contribution in [-0.2, 0) is 9.59 Å². The van der Waals surface area contributed by atoms with Crippen molar-refractivity contribution in [1.29, 1.82) is 0 Å². The smallest absolute Gasteiger partial charge is 0.229 e. The summed E-state index contributed by atoms with van der Waals surface area (Å²) in [6, 6.07) is 14.3. The van der Waals surface area contributed by atoms with E-state index in [-0.39, 0.29) is 18.2 Å². The van der Waals surface area contributed by atoms with Crippen LogP contribution in [0.25, 0.3) is 11.4 Å². The maximum Gasteiger partial charge on any atom is 0.229 e. The lowest BCUT2D eigenvalue weighted by Crippen LogP contribution is -2.28. The van der Waals surface area contributed by atoms with Crippen LogP contribution in [0.1, 0.15) is 12.3 Å². The van der Waals surface area contributed by atoms with E-state index in [4.69, 9.17) is 16.1 Å². The van der Waals surface area contributed by atoms with E-state index in [1.54, 1.807) is 36.1 Å². The van der Waals surface area contributed by atoms with Crippen molar-refractivity contribution in [3.05, 3.63) is 59.4 Å². The number of carbonyl (C=O) groups is 2. The number of amides is 2. The lowest BCUT2D eigenvalue weighted by atomic mass is 10.1. The van der Waals surface area contributed by atoms with Crippen LogP contribution in [0.2, 0.25) is 5.02 Å². The van der Waals surface area contributed by atoms with Crippen molar-refractivity contribution in [2.75, 3.05) is 16.8 Å². The molecule has 0 saturated carbocycles. The van der Waals surface area contributed by atoms with Gasteiger partial charge >= 0.3 is 0 Å². The highest BCUT2D eigenvalue weighted by molar-refractivity contribution is 6.33. The summed E-state index contributed by atoms with van der Waals surface area (Å²) >= 11 is 6.09. The summed E-state index contributed by atoms with van der Waals surface area (Å²) in [4.78, 5) is 30.9. The average molecular weight is 397 g/mol. The molecule has 0 radical (unpaired) electrons. The summed E-state index contributed by atoms with van der Waals surface area (Å²) in [7, 11) is 0. The maximum atomic E-state index is 12.6. The minimum Gasteiger partial charge on any atom is -0.339 e. The van der Waals surface area contributed by atoms with Crippen molar-refractivity contribution >= 4 is 34.8 Å². The molecule has 0 unspecified atom stereocenters. The fourth-order valence-electron chi connectivity index (χ4n) is 3.16. The molecule has 1 aliphatic heterocycles. The predicted octanol–water partition coefficient (Wildman–Crippen LogP) is 3.69. The maximum absolute atomic E-state index is 12.6. The van der Waals surface area contributed by atoms with Crippen molar-refractivity contribution in [1.82, 2.24) is 10.1 Å². The first kappa shape index (κ1) is 18.2. The predicted molar refractivity (Wildman–Crippen MR) is 105 cm³/mol. The average Bonchev–Trinajstić information content (AvgIpc) is 3.30. The summed E-state index contributed by atoms with van der Waals surface area (Å²) in [5.74, 6) is 0.127. The van der Waals surface area contributed by atoms with Gasteiger partial charge in [-0.1, -0.05) is 41.0 Å². The van der Waals surface area contributed by atoms with Gasteiger partial charge in [0.2, 0.25) is 23.5 Å². The van der Waals surface area contributed by atoms with Crippen molar-refractivity contribution in [2.45, 2.75) is 13.3 Å².